The van der Waals surface area contributed by atoms with Crippen LogP contribution >= 0.6 is 0 Å². The zero-order valence-corrected chi connectivity index (χ0v) is 17.0. The lowest BCUT2D eigenvalue weighted by Crippen LogP contribution is -2.21. The molecule has 1 aromatic carbocycles. The Balaban J connectivity index is 1.50. The highest BCUT2D eigenvalue weighted by Gasteiger charge is 2.43. The molecule has 0 radical (unpaired) electrons. The summed E-state index contributed by atoms with van der Waals surface area (Å²) in [5.41, 5.74) is 2.35. The van der Waals surface area contributed by atoms with E-state index in [1.165, 1.54) is 5.57 Å². The molecule has 1 fully saturated rings. The van der Waals surface area contributed by atoms with Gasteiger partial charge >= 0.3 is 0 Å². The Morgan fingerprint density at radius 3 is 2.71 bits per heavy atom. The Kier molecular flexibility index (Phi) is 7.08. The summed E-state index contributed by atoms with van der Waals surface area (Å²) in [5, 5.41) is 20.9. The van der Waals surface area contributed by atoms with E-state index < -0.39 is 6.10 Å². The number of allylic oxidation sites excluding steroid dienone is 2. The molecule has 0 saturated heterocycles. The van der Waals surface area contributed by atoms with Crippen LogP contribution in [-0.4, -0.2) is 41.2 Å². The topological polar surface area (TPSA) is 60.8 Å². The molecule has 0 bridgehead atoms. The van der Waals surface area contributed by atoms with Gasteiger partial charge in [-0.25, -0.2) is 0 Å². The first-order valence-electron chi connectivity index (χ1n) is 10.4. The molecule has 1 amide bonds. The summed E-state index contributed by atoms with van der Waals surface area (Å²) in [6.07, 6.45) is 10.7. The van der Waals surface area contributed by atoms with Crippen molar-refractivity contribution in [3.63, 3.8) is 0 Å². The Morgan fingerprint density at radius 2 is 2.00 bits per heavy atom. The van der Waals surface area contributed by atoms with Gasteiger partial charge in [-0.05, 0) is 49.5 Å². The molecule has 0 spiro atoms. The van der Waals surface area contributed by atoms with Crippen molar-refractivity contribution in [2.24, 2.45) is 17.8 Å². The van der Waals surface area contributed by atoms with E-state index in [0.717, 1.165) is 37.7 Å². The van der Waals surface area contributed by atoms with Crippen LogP contribution in [0.1, 0.15) is 50.2 Å². The van der Waals surface area contributed by atoms with Crippen molar-refractivity contribution >= 4 is 5.91 Å². The summed E-state index contributed by atoms with van der Waals surface area (Å²) >= 11 is 0. The molecule has 1 aromatic rings. The standard InChI is InChI=1S/C24H33NO3/c1-25(2)24(28)11-7-6-8-17-14-19-16-23(27)20(21(19)15-17)12-13-22(26)18-9-4-3-5-10-18/h3-5,9-10,12-14,19-23,26-27H,6-8,11,15-16H2,1-2H3/t19-,20+,21-,22+,23+/m0/s1. The number of carbonyl (C=O) groups is 1. The molecule has 4 nitrogen and oxygen atoms in total. The summed E-state index contributed by atoms with van der Waals surface area (Å²) in [5.74, 6) is 1.18. The van der Waals surface area contributed by atoms with E-state index in [4.69, 9.17) is 0 Å². The molecular formula is C24H33NO3. The molecule has 2 N–H and O–H groups in total. The van der Waals surface area contributed by atoms with E-state index in [9.17, 15) is 15.0 Å². The van der Waals surface area contributed by atoms with Gasteiger partial charge in [0.05, 0.1) is 12.2 Å². The Labute approximate surface area is 168 Å². The number of hydrogen-bond donors (Lipinski definition) is 2. The fourth-order valence-electron chi connectivity index (χ4n) is 4.64. The molecule has 28 heavy (non-hydrogen) atoms. The number of nitrogens with zero attached hydrogens (tertiary/aromatic N) is 1. The van der Waals surface area contributed by atoms with Crippen LogP contribution in [0.15, 0.2) is 54.1 Å². The molecule has 3 rings (SSSR count). The Hall–Kier alpha value is -1.91. The van der Waals surface area contributed by atoms with Gasteiger partial charge in [-0.2, -0.15) is 0 Å². The van der Waals surface area contributed by atoms with E-state index >= 15 is 0 Å². The summed E-state index contributed by atoms with van der Waals surface area (Å²) in [4.78, 5) is 13.3. The minimum Gasteiger partial charge on any atom is -0.392 e. The van der Waals surface area contributed by atoms with Gasteiger partial charge < -0.3 is 15.1 Å². The second kappa shape index (κ2) is 9.53. The first-order chi connectivity index (χ1) is 13.5. The van der Waals surface area contributed by atoms with Crippen LogP contribution < -0.4 is 0 Å². The molecule has 1 saturated carbocycles. The quantitative estimate of drug-likeness (QED) is 0.529. The van der Waals surface area contributed by atoms with Gasteiger partial charge in [-0.15, -0.1) is 0 Å². The van der Waals surface area contributed by atoms with Gasteiger partial charge in [0.1, 0.15) is 0 Å². The van der Waals surface area contributed by atoms with Gasteiger partial charge in [0.15, 0.2) is 0 Å². The molecule has 2 aliphatic rings. The zero-order valence-electron chi connectivity index (χ0n) is 17.0. The minimum absolute atomic E-state index is 0.104. The third-order valence-electron chi connectivity index (χ3n) is 6.24. The van der Waals surface area contributed by atoms with Crippen molar-refractivity contribution in [2.45, 2.75) is 50.7 Å². The summed E-state index contributed by atoms with van der Waals surface area (Å²) < 4.78 is 0. The molecule has 0 aromatic heterocycles. The monoisotopic (exact) mass is 383 g/mol. The third kappa shape index (κ3) is 5.12. The Morgan fingerprint density at radius 1 is 1.25 bits per heavy atom. The normalized spacial score (nSPS) is 27.6. The number of carbonyl (C=O) groups excluding carboxylic acids is 1. The fraction of sp³-hybridized carbons (Fsp3) is 0.542. The van der Waals surface area contributed by atoms with Crippen molar-refractivity contribution < 1.29 is 15.0 Å². The van der Waals surface area contributed by atoms with Gasteiger partial charge in [0, 0.05) is 26.4 Å². The van der Waals surface area contributed by atoms with Gasteiger partial charge in [-0.3, -0.25) is 4.79 Å². The second-order valence-corrected chi connectivity index (χ2v) is 8.47. The fourth-order valence-corrected chi connectivity index (χ4v) is 4.64. The number of amides is 1. The first-order valence-corrected chi connectivity index (χ1v) is 10.4. The highest BCUT2D eigenvalue weighted by atomic mass is 16.3. The van der Waals surface area contributed by atoms with Crippen LogP contribution in [0.2, 0.25) is 0 Å². The smallest absolute Gasteiger partial charge is 0.222 e. The summed E-state index contributed by atoms with van der Waals surface area (Å²) in [6.45, 7) is 0. The average molecular weight is 384 g/mol. The van der Waals surface area contributed by atoms with Crippen LogP contribution in [0.3, 0.4) is 0 Å². The van der Waals surface area contributed by atoms with Crippen LogP contribution in [0.5, 0.6) is 0 Å². The lowest BCUT2D eigenvalue weighted by molar-refractivity contribution is -0.128. The molecule has 0 aliphatic heterocycles. The second-order valence-electron chi connectivity index (χ2n) is 8.47. The van der Waals surface area contributed by atoms with Crippen molar-refractivity contribution in [1.82, 2.24) is 4.90 Å². The van der Waals surface area contributed by atoms with Crippen molar-refractivity contribution in [2.75, 3.05) is 14.1 Å². The highest BCUT2D eigenvalue weighted by molar-refractivity contribution is 5.75. The van der Waals surface area contributed by atoms with Crippen LogP contribution in [0.25, 0.3) is 0 Å². The first kappa shape index (κ1) is 20.8. The maximum Gasteiger partial charge on any atom is 0.222 e. The number of unbranched alkanes of at least 4 members (excludes halogenated alkanes) is 1. The zero-order chi connectivity index (χ0) is 20.1. The van der Waals surface area contributed by atoms with Crippen LogP contribution in [0, 0.1) is 17.8 Å². The highest BCUT2D eigenvalue weighted by Crippen LogP contribution is 2.48. The van der Waals surface area contributed by atoms with Crippen molar-refractivity contribution in [1.29, 1.82) is 0 Å². The summed E-state index contributed by atoms with van der Waals surface area (Å²) in [6, 6.07) is 9.62. The molecule has 5 atom stereocenters. The molecular weight excluding hydrogens is 350 g/mol. The van der Waals surface area contributed by atoms with Crippen molar-refractivity contribution in [3.05, 3.63) is 59.7 Å². The van der Waals surface area contributed by atoms with E-state index in [2.05, 4.69) is 6.08 Å². The Bertz CT molecular complexity index is 710. The van der Waals surface area contributed by atoms with Crippen LogP contribution in [0.4, 0.5) is 0 Å². The van der Waals surface area contributed by atoms with Gasteiger partial charge in [-0.1, -0.05) is 54.1 Å². The maximum absolute atomic E-state index is 11.7. The molecule has 4 heteroatoms. The number of hydrogen-bond acceptors (Lipinski definition) is 3. The largest absolute Gasteiger partial charge is 0.392 e. The lowest BCUT2D eigenvalue weighted by Gasteiger charge is -2.19. The lowest BCUT2D eigenvalue weighted by atomic mass is 9.88. The van der Waals surface area contributed by atoms with Crippen molar-refractivity contribution in [3.8, 4) is 0 Å². The SMILES string of the molecule is CN(C)C(=O)CCCCC1=C[C@H]2C[C@@H](O)[C@H](C=C[C@@H](O)c3ccccc3)[C@H]2C1. The molecule has 0 heterocycles. The predicted molar refractivity (Wildman–Crippen MR) is 111 cm³/mol. The van der Waals surface area contributed by atoms with Gasteiger partial charge in [0.2, 0.25) is 5.91 Å². The number of aliphatic hydroxyl groups excluding tert-OH is 2. The number of fused-ring (bicyclic) bond motifs is 1. The molecule has 152 valence electrons. The number of rotatable bonds is 8. The van der Waals surface area contributed by atoms with Crippen LogP contribution in [-0.2, 0) is 4.79 Å². The maximum atomic E-state index is 11.7. The summed E-state index contributed by atoms with van der Waals surface area (Å²) in [7, 11) is 3.60. The van der Waals surface area contributed by atoms with Gasteiger partial charge in [0.25, 0.3) is 0 Å². The number of benzene rings is 1. The molecule has 0 unspecified atom stereocenters. The predicted octanol–water partition coefficient (Wildman–Crippen LogP) is 3.87. The third-order valence-corrected chi connectivity index (χ3v) is 6.24. The van der Waals surface area contributed by atoms with E-state index in [-0.39, 0.29) is 17.9 Å². The number of aliphatic hydroxyl groups is 2. The average Bonchev–Trinajstić information content (AvgIpc) is 3.20. The van der Waals surface area contributed by atoms with E-state index in [1.807, 2.05) is 42.5 Å². The van der Waals surface area contributed by atoms with E-state index in [1.54, 1.807) is 19.0 Å². The molecule has 2 aliphatic carbocycles. The van der Waals surface area contributed by atoms with E-state index in [0.29, 0.717) is 18.3 Å². The minimum atomic E-state index is -0.629.